The Bertz CT molecular complexity index is 748. The average Bonchev–Trinajstić information content (AvgIpc) is 3.17. The van der Waals surface area contributed by atoms with Crippen molar-refractivity contribution < 1.29 is 19.0 Å². The van der Waals surface area contributed by atoms with Gasteiger partial charge in [0.1, 0.15) is 18.2 Å². The van der Waals surface area contributed by atoms with E-state index in [1.165, 1.54) is 0 Å². The van der Waals surface area contributed by atoms with Gasteiger partial charge in [-0.3, -0.25) is 4.79 Å². The van der Waals surface area contributed by atoms with Gasteiger partial charge in [0.15, 0.2) is 0 Å². The molecule has 0 saturated heterocycles. The Balaban J connectivity index is 2.01. The Morgan fingerprint density at radius 1 is 1.23 bits per heavy atom. The number of carbonyl (C=O) groups excluding carboxylic acids is 1. The van der Waals surface area contributed by atoms with Crippen LogP contribution >= 0.6 is 0 Å². The van der Waals surface area contributed by atoms with Crippen LogP contribution in [-0.4, -0.2) is 48.9 Å². The molecule has 0 bridgehead atoms. The van der Waals surface area contributed by atoms with Crippen LogP contribution in [0.2, 0.25) is 0 Å². The molecule has 2 N–H and O–H groups in total. The number of nitrogens with one attached hydrogen (secondary N) is 2. The Hall–Kier alpha value is -2.82. The second-order valence-electron chi connectivity index (χ2n) is 5.14. The van der Waals surface area contributed by atoms with Crippen LogP contribution in [-0.2, 0) is 14.3 Å². The third-order valence-corrected chi connectivity index (χ3v) is 3.30. The molecule has 0 aliphatic heterocycles. The molecule has 2 rings (SSSR count). The van der Waals surface area contributed by atoms with Crippen molar-refractivity contribution >= 4 is 11.6 Å². The third-order valence-electron chi connectivity index (χ3n) is 3.30. The van der Waals surface area contributed by atoms with E-state index in [0.29, 0.717) is 50.3 Å². The van der Waals surface area contributed by atoms with Crippen LogP contribution < -0.4 is 10.1 Å². The van der Waals surface area contributed by atoms with Crippen molar-refractivity contribution in [3.05, 3.63) is 30.6 Å². The van der Waals surface area contributed by atoms with Gasteiger partial charge >= 0.3 is 0 Å². The normalized spacial score (nSPS) is 10.1. The van der Waals surface area contributed by atoms with Gasteiger partial charge < -0.3 is 24.5 Å². The largest absolute Gasteiger partial charge is 0.489 e. The number of amides is 1. The molecule has 1 heterocycles. The van der Waals surface area contributed by atoms with Crippen LogP contribution in [0, 0.1) is 11.8 Å². The summed E-state index contributed by atoms with van der Waals surface area (Å²) in [5.41, 5.74) is 1.36. The summed E-state index contributed by atoms with van der Waals surface area (Å²) in [6.07, 6.45) is 3.40. The lowest BCUT2D eigenvalue weighted by molar-refractivity contribution is -0.111. The van der Waals surface area contributed by atoms with Gasteiger partial charge in [0.2, 0.25) is 0 Å². The zero-order valence-electron chi connectivity index (χ0n) is 15.0. The SMILES string of the molecule is CC#CC(=O)Nc1cc(-c2ncc[nH]2)ccc1OCCOCCOCC. The number of ether oxygens (including phenoxy) is 3. The van der Waals surface area contributed by atoms with Crippen molar-refractivity contribution in [1.82, 2.24) is 9.97 Å². The first kappa shape index (κ1) is 19.5. The first-order valence-corrected chi connectivity index (χ1v) is 8.40. The lowest BCUT2D eigenvalue weighted by Crippen LogP contribution is -2.13. The second-order valence-corrected chi connectivity index (χ2v) is 5.14. The molecule has 26 heavy (non-hydrogen) atoms. The van der Waals surface area contributed by atoms with Gasteiger partial charge in [-0.15, -0.1) is 0 Å². The standard InChI is InChI=1S/C19H23N3O4/c1-3-5-18(23)22-16-14-15(19-20-8-9-21-19)6-7-17(16)26-13-12-25-11-10-24-4-2/h6-9,14H,4,10-13H2,1-2H3,(H,20,21)(H,22,23). The summed E-state index contributed by atoms with van der Waals surface area (Å²) >= 11 is 0. The van der Waals surface area contributed by atoms with E-state index in [-0.39, 0.29) is 0 Å². The van der Waals surface area contributed by atoms with Crippen molar-refractivity contribution in [2.45, 2.75) is 13.8 Å². The first-order chi connectivity index (χ1) is 12.7. The van der Waals surface area contributed by atoms with E-state index in [1.807, 2.05) is 13.0 Å². The molecule has 0 atom stereocenters. The van der Waals surface area contributed by atoms with Crippen molar-refractivity contribution in [2.24, 2.45) is 0 Å². The quantitative estimate of drug-likeness (QED) is 0.504. The van der Waals surface area contributed by atoms with Gasteiger partial charge in [0.05, 0.1) is 25.5 Å². The second kappa shape index (κ2) is 10.9. The monoisotopic (exact) mass is 357 g/mol. The molecule has 0 saturated carbocycles. The molecule has 0 unspecified atom stereocenters. The maximum absolute atomic E-state index is 11.8. The van der Waals surface area contributed by atoms with Crippen LogP contribution in [0.3, 0.4) is 0 Å². The van der Waals surface area contributed by atoms with Crippen molar-refractivity contribution in [1.29, 1.82) is 0 Å². The number of aromatic amines is 1. The van der Waals surface area contributed by atoms with Crippen LogP contribution in [0.5, 0.6) is 5.75 Å². The van der Waals surface area contributed by atoms with Crippen LogP contribution in [0.4, 0.5) is 5.69 Å². The zero-order valence-corrected chi connectivity index (χ0v) is 15.0. The summed E-state index contributed by atoms with van der Waals surface area (Å²) in [4.78, 5) is 19.1. The lowest BCUT2D eigenvalue weighted by atomic mass is 10.1. The lowest BCUT2D eigenvalue weighted by Gasteiger charge is -2.13. The molecule has 138 valence electrons. The van der Waals surface area contributed by atoms with E-state index in [4.69, 9.17) is 14.2 Å². The van der Waals surface area contributed by atoms with Crippen molar-refractivity contribution in [3.63, 3.8) is 0 Å². The molecule has 0 spiro atoms. The van der Waals surface area contributed by atoms with Gasteiger partial charge in [-0.1, -0.05) is 5.92 Å². The number of hydrogen-bond donors (Lipinski definition) is 2. The number of imidazole rings is 1. The summed E-state index contributed by atoms with van der Waals surface area (Å²) < 4.78 is 16.4. The molecular weight excluding hydrogens is 334 g/mol. The van der Waals surface area contributed by atoms with Gasteiger partial charge in [0, 0.05) is 24.6 Å². The van der Waals surface area contributed by atoms with Gasteiger partial charge in [-0.2, -0.15) is 0 Å². The van der Waals surface area contributed by atoms with Gasteiger partial charge in [-0.05, 0) is 38.0 Å². The summed E-state index contributed by atoms with van der Waals surface area (Å²) in [5.74, 6) is 5.87. The number of carbonyl (C=O) groups is 1. The summed E-state index contributed by atoms with van der Waals surface area (Å²) in [6.45, 7) is 6.08. The van der Waals surface area contributed by atoms with E-state index in [2.05, 4.69) is 27.1 Å². The molecule has 1 aromatic heterocycles. The molecule has 7 heteroatoms. The number of aromatic nitrogens is 2. The van der Waals surface area contributed by atoms with E-state index in [1.54, 1.807) is 31.5 Å². The highest BCUT2D eigenvalue weighted by Gasteiger charge is 2.10. The molecule has 7 nitrogen and oxygen atoms in total. The van der Waals surface area contributed by atoms with Gasteiger partial charge in [0.25, 0.3) is 5.91 Å². The first-order valence-electron chi connectivity index (χ1n) is 8.40. The zero-order chi connectivity index (χ0) is 18.6. The number of nitrogens with zero attached hydrogens (tertiary/aromatic N) is 1. The minimum Gasteiger partial charge on any atom is -0.489 e. The molecular formula is C19H23N3O4. The third kappa shape index (κ3) is 6.24. The number of benzene rings is 1. The Labute approximate surface area is 153 Å². The number of rotatable bonds is 10. The predicted octanol–water partition coefficient (Wildman–Crippen LogP) is 2.47. The fourth-order valence-electron chi connectivity index (χ4n) is 2.17. The molecule has 0 radical (unpaired) electrons. The number of H-pyrrole nitrogens is 1. The maximum Gasteiger partial charge on any atom is 0.300 e. The maximum atomic E-state index is 11.8. The fraction of sp³-hybridized carbons (Fsp3) is 0.368. The summed E-state index contributed by atoms with van der Waals surface area (Å²) in [6, 6.07) is 5.44. The van der Waals surface area contributed by atoms with E-state index >= 15 is 0 Å². The van der Waals surface area contributed by atoms with Crippen molar-refractivity contribution in [2.75, 3.05) is 38.4 Å². The molecule has 1 aromatic carbocycles. The van der Waals surface area contributed by atoms with Crippen LogP contribution in [0.1, 0.15) is 13.8 Å². The highest BCUT2D eigenvalue weighted by atomic mass is 16.5. The van der Waals surface area contributed by atoms with Crippen LogP contribution in [0.25, 0.3) is 11.4 Å². The fourth-order valence-corrected chi connectivity index (χ4v) is 2.17. The summed E-state index contributed by atoms with van der Waals surface area (Å²) in [5, 5.41) is 2.74. The predicted molar refractivity (Wildman–Crippen MR) is 98.9 cm³/mol. The van der Waals surface area contributed by atoms with E-state index in [0.717, 1.165) is 5.56 Å². The smallest absolute Gasteiger partial charge is 0.300 e. The molecule has 1 amide bonds. The highest BCUT2D eigenvalue weighted by molar-refractivity contribution is 6.05. The molecule has 2 aromatic rings. The molecule has 0 fully saturated rings. The minimum atomic E-state index is -0.401. The molecule has 0 aliphatic carbocycles. The minimum absolute atomic E-state index is 0.356. The number of anilines is 1. The van der Waals surface area contributed by atoms with E-state index in [9.17, 15) is 4.79 Å². The number of hydrogen-bond acceptors (Lipinski definition) is 5. The van der Waals surface area contributed by atoms with Crippen LogP contribution in [0.15, 0.2) is 30.6 Å². The Morgan fingerprint density at radius 2 is 2.04 bits per heavy atom. The highest BCUT2D eigenvalue weighted by Crippen LogP contribution is 2.29. The molecule has 0 aliphatic rings. The van der Waals surface area contributed by atoms with E-state index < -0.39 is 5.91 Å². The Morgan fingerprint density at radius 3 is 2.77 bits per heavy atom. The topological polar surface area (TPSA) is 85.5 Å². The van der Waals surface area contributed by atoms with Gasteiger partial charge in [-0.25, -0.2) is 4.98 Å². The Kier molecular flexibility index (Phi) is 8.19. The average molecular weight is 357 g/mol. The van der Waals surface area contributed by atoms with Crippen molar-refractivity contribution in [3.8, 4) is 29.0 Å². The summed E-state index contributed by atoms with van der Waals surface area (Å²) in [7, 11) is 0.